The quantitative estimate of drug-likeness (QED) is 0.770. The largest absolute Gasteiger partial charge is 0.506 e. The highest BCUT2D eigenvalue weighted by molar-refractivity contribution is 6.32. The van der Waals surface area contributed by atoms with E-state index in [1.54, 1.807) is 18.2 Å². The third-order valence-corrected chi connectivity index (χ3v) is 3.73. The predicted molar refractivity (Wildman–Crippen MR) is 87.6 cm³/mol. The Kier molecular flexibility index (Phi) is 3.83. The van der Waals surface area contributed by atoms with E-state index < -0.39 is 0 Å². The van der Waals surface area contributed by atoms with E-state index in [1.807, 2.05) is 0 Å². The van der Waals surface area contributed by atoms with Gasteiger partial charge in [-0.1, -0.05) is 11.6 Å². The van der Waals surface area contributed by atoms with Gasteiger partial charge in [0.2, 0.25) is 0 Å². The molecule has 7 heteroatoms. The number of hydrogen-bond acceptors (Lipinski definition) is 5. The molecule has 0 spiro atoms. The van der Waals surface area contributed by atoms with Crippen molar-refractivity contribution in [3.05, 3.63) is 45.7 Å². The fraction of sp³-hybridized carbons (Fsp3) is 0.125. The van der Waals surface area contributed by atoms with Gasteiger partial charge in [0.15, 0.2) is 0 Å². The van der Waals surface area contributed by atoms with E-state index in [1.165, 1.54) is 26.4 Å². The van der Waals surface area contributed by atoms with Crippen molar-refractivity contribution >= 4 is 22.5 Å². The number of nitrogens with zero attached hydrogens (tertiary/aromatic N) is 1. The van der Waals surface area contributed by atoms with Crippen molar-refractivity contribution in [2.75, 3.05) is 14.2 Å². The molecule has 0 saturated carbocycles. The summed E-state index contributed by atoms with van der Waals surface area (Å²) in [4.78, 5) is 19.5. The van der Waals surface area contributed by atoms with Crippen LogP contribution in [0.25, 0.3) is 22.3 Å². The smallest absolute Gasteiger partial charge is 0.262 e. The fourth-order valence-corrected chi connectivity index (χ4v) is 2.46. The number of aromatic nitrogens is 2. The summed E-state index contributed by atoms with van der Waals surface area (Å²) in [5, 5.41) is 10.0. The van der Waals surface area contributed by atoms with Crippen LogP contribution in [-0.2, 0) is 0 Å². The van der Waals surface area contributed by atoms with E-state index in [9.17, 15) is 9.90 Å². The van der Waals surface area contributed by atoms with Crippen LogP contribution in [-0.4, -0.2) is 29.3 Å². The lowest BCUT2D eigenvalue weighted by Crippen LogP contribution is -2.11. The van der Waals surface area contributed by atoms with E-state index in [0.29, 0.717) is 33.8 Å². The number of phenolic OH excluding ortho intramolecular Hbond substituents is 1. The summed E-state index contributed by atoms with van der Waals surface area (Å²) in [6.07, 6.45) is 0. The van der Waals surface area contributed by atoms with Crippen molar-refractivity contribution in [2.24, 2.45) is 0 Å². The van der Waals surface area contributed by atoms with E-state index in [2.05, 4.69) is 9.97 Å². The normalized spacial score (nSPS) is 10.7. The molecule has 0 unspecified atom stereocenters. The van der Waals surface area contributed by atoms with Gasteiger partial charge >= 0.3 is 0 Å². The minimum Gasteiger partial charge on any atom is -0.506 e. The standard InChI is InChI=1S/C16H13ClN2O4/c1-22-9-6-11-14(13(7-9)23-2)16(21)19-15(18-11)8-3-4-12(20)10(17)5-8/h3-7,20H,1-2H3,(H,18,19,21). The molecule has 23 heavy (non-hydrogen) atoms. The maximum atomic E-state index is 12.4. The van der Waals surface area contributed by atoms with Crippen LogP contribution in [0.4, 0.5) is 0 Å². The third kappa shape index (κ3) is 2.68. The number of nitrogens with one attached hydrogen (secondary N) is 1. The van der Waals surface area contributed by atoms with Crippen LogP contribution in [0.5, 0.6) is 17.2 Å². The first-order chi connectivity index (χ1) is 11.0. The zero-order chi connectivity index (χ0) is 16.6. The molecule has 0 aliphatic heterocycles. The number of hydrogen-bond donors (Lipinski definition) is 2. The molecule has 3 aromatic rings. The molecule has 0 aliphatic carbocycles. The minimum absolute atomic E-state index is 0.0399. The molecule has 0 radical (unpaired) electrons. The second-order valence-electron chi connectivity index (χ2n) is 4.80. The Bertz CT molecular complexity index is 953. The molecule has 1 heterocycles. The molecular formula is C16H13ClN2O4. The van der Waals surface area contributed by atoms with E-state index >= 15 is 0 Å². The maximum absolute atomic E-state index is 12.4. The molecule has 3 rings (SSSR count). The zero-order valence-corrected chi connectivity index (χ0v) is 13.1. The first-order valence-corrected chi connectivity index (χ1v) is 7.06. The van der Waals surface area contributed by atoms with Crippen molar-refractivity contribution in [1.82, 2.24) is 9.97 Å². The predicted octanol–water partition coefficient (Wildman–Crippen LogP) is 2.97. The molecule has 2 N–H and O–H groups in total. The number of ether oxygens (including phenoxy) is 2. The molecule has 6 nitrogen and oxygen atoms in total. The summed E-state index contributed by atoms with van der Waals surface area (Å²) in [6.45, 7) is 0. The van der Waals surface area contributed by atoms with Crippen LogP contribution in [0.2, 0.25) is 5.02 Å². The van der Waals surface area contributed by atoms with Crippen molar-refractivity contribution in [1.29, 1.82) is 0 Å². The molecule has 0 bridgehead atoms. The highest BCUT2D eigenvalue weighted by Crippen LogP contribution is 2.30. The summed E-state index contributed by atoms with van der Waals surface area (Å²) in [5.74, 6) is 1.20. The van der Waals surface area contributed by atoms with Crippen LogP contribution in [0.15, 0.2) is 35.1 Å². The molecule has 0 aliphatic rings. The van der Waals surface area contributed by atoms with Gasteiger partial charge in [-0.05, 0) is 18.2 Å². The minimum atomic E-state index is -0.339. The van der Waals surface area contributed by atoms with Crippen molar-refractivity contribution in [2.45, 2.75) is 0 Å². The van der Waals surface area contributed by atoms with Gasteiger partial charge in [0.1, 0.15) is 28.5 Å². The second-order valence-corrected chi connectivity index (χ2v) is 5.21. The highest BCUT2D eigenvalue weighted by Gasteiger charge is 2.13. The molecule has 0 amide bonds. The average molecular weight is 333 g/mol. The van der Waals surface area contributed by atoms with Gasteiger partial charge in [-0.3, -0.25) is 4.79 Å². The van der Waals surface area contributed by atoms with Crippen molar-refractivity contribution in [3.63, 3.8) is 0 Å². The van der Waals surface area contributed by atoms with Gasteiger partial charge in [-0.25, -0.2) is 4.98 Å². The Morgan fingerprint density at radius 1 is 1.17 bits per heavy atom. The first kappa shape index (κ1) is 15.2. The molecule has 2 aromatic carbocycles. The molecule has 0 fully saturated rings. The molecule has 0 saturated heterocycles. The number of aromatic hydroxyl groups is 1. The Morgan fingerprint density at radius 2 is 1.96 bits per heavy atom. The summed E-state index contributed by atoms with van der Waals surface area (Å²) in [6, 6.07) is 7.85. The van der Waals surface area contributed by atoms with Gasteiger partial charge in [0, 0.05) is 17.7 Å². The number of H-pyrrole nitrogens is 1. The Balaban J connectivity index is 2.28. The van der Waals surface area contributed by atoms with E-state index in [4.69, 9.17) is 21.1 Å². The molecule has 1 aromatic heterocycles. The van der Waals surface area contributed by atoms with Crippen LogP contribution >= 0.6 is 11.6 Å². The molecule has 118 valence electrons. The van der Waals surface area contributed by atoms with Crippen LogP contribution in [0.3, 0.4) is 0 Å². The zero-order valence-electron chi connectivity index (χ0n) is 12.4. The number of phenols is 1. The third-order valence-electron chi connectivity index (χ3n) is 3.42. The summed E-state index contributed by atoms with van der Waals surface area (Å²) in [5.41, 5.74) is 0.673. The van der Waals surface area contributed by atoms with E-state index in [0.717, 1.165) is 0 Å². The molecule has 0 atom stereocenters. The second kappa shape index (κ2) is 5.81. The van der Waals surface area contributed by atoms with Gasteiger partial charge in [0.05, 0.1) is 24.8 Å². The number of methoxy groups -OCH3 is 2. The van der Waals surface area contributed by atoms with Crippen molar-refractivity contribution < 1.29 is 14.6 Å². The summed E-state index contributed by atoms with van der Waals surface area (Å²) < 4.78 is 10.4. The number of halogens is 1. The van der Waals surface area contributed by atoms with Crippen LogP contribution in [0, 0.1) is 0 Å². The number of rotatable bonds is 3. The SMILES string of the molecule is COc1cc(OC)c2c(=O)[nH]c(-c3ccc(O)c(Cl)c3)nc2c1. The van der Waals surface area contributed by atoms with E-state index in [-0.39, 0.29) is 16.3 Å². The Labute approximate surface area is 136 Å². The lowest BCUT2D eigenvalue weighted by Gasteiger charge is -2.09. The highest BCUT2D eigenvalue weighted by atomic mass is 35.5. The monoisotopic (exact) mass is 332 g/mol. The number of aromatic amines is 1. The van der Waals surface area contributed by atoms with Gasteiger partial charge < -0.3 is 19.6 Å². The van der Waals surface area contributed by atoms with Crippen LogP contribution < -0.4 is 15.0 Å². The van der Waals surface area contributed by atoms with Gasteiger partial charge in [0.25, 0.3) is 5.56 Å². The maximum Gasteiger partial charge on any atom is 0.262 e. The Morgan fingerprint density at radius 3 is 2.61 bits per heavy atom. The lowest BCUT2D eigenvalue weighted by molar-refractivity contribution is 0.397. The number of benzene rings is 2. The topological polar surface area (TPSA) is 84.4 Å². The van der Waals surface area contributed by atoms with Crippen LogP contribution in [0.1, 0.15) is 0 Å². The fourth-order valence-electron chi connectivity index (χ4n) is 2.28. The first-order valence-electron chi connectivity index (χ1n) is 6.68. The Hall–Kier alpha value is -2.73. The van der Waals surface area contributed by atoms with Crippen molar-refractivity contribution in [3.8, 4) is 28.6 Å². The molecular weight excluding hydrogens is 320 g/mol. The summed E-state index contributed by atoms with van der Waals surface area (Å²) >= 11 is 5.91. The number of fused-ring (bicyclic) bond motifs is 1. The summed E-state index contributed by atoms with van der Waals surface area (Å²) in [7, 11) is 3.00. The van der Waals surface area contributed by atoms with Gasteiger partial charge in [-0.2, -0.15) is 0 Å². The average Bonchev–Trinajstić information content (AvgIpc) is 2.55. The lowest BCUT2D eigenvalue weighted by atomic mass is 10.1. The van der Waals surface area contributed by atoms with Gasteiger partial charge in [-0.15, -0.1) is 0 Å².